The van der Waals surface area contributed by atoms with Gasteiger partial charge in [-0.25, -0.2) is 13.1 Å². The molecule has 0 aromatic heterocycles. The summed E-state index contributed by atoms with van der Waals surface area (Å²) in [7, 11) is -3.46. The monoisotopic (exact) mass is 256 g/mol. The Balaban J connectivity index is 2.93. The molecule has 96 valence electrons. The van der Waals surface area contributed by atoms with Gasteiger partial charge in [0.1, 0.15) is 0 Å². The van der Waals surface area contributed by atoms with Gasteiger partial charge >= 0.3 is 0 Å². The maximum Gasteiger partial charge on any atom is 0.241 e. The average molecular weight is 256 g/mol. The van der Waals surface area contributed by atoms with E-state index in [4.69, 9.17) is 5.73 Å². The van der Waals surface area contributed by atoms with Crippen molar-refractivity contribution in [2.24, 2.45) is 5.73 Å². The second-order valence-corrected chi connectivity index (χ2v) is 6.52. The topological polar surface area (TPSA) is 72.2 Å². The number of nitrogens with two attached hydrogens (primary N) is 1. The molecule has 0 aliphatic heterocycles. The lowest BCUT2D eigenvalue weighted by Crippen LogP contribution is -2.44. The van der Waals surface area contributed by atoms with Crippen molar-refractivity contribution >= 4 is 10.0 Å². The van der Waals surface area contributed by atoms with E-state index < -0.39 is 15.6 Å². The van der Waals surface area contributed by atoms with Crippen molar-refractivity contribution in [3.63, 3.8) is 0 Å². The maximum absolute atomic E-state index is 12.1. The Morgan fingerprint density at radius 2 is 1.76 bits per heavy atom. The van der Waals surface area contributed by atoms with E-state index in [2.05, 4.69) is 4.72 Å². The zero-order chi connectivity index (χ0) is 13.1. The van der Waals surface area contributed by atoms with Crippen LogP contribution in [0.4, 0.5) is 0 Å². The molecule has 0 aliphatic rings. The van der Waals surface area contributed by atoms with Gasteiger partial charge in [0.2, 0.25) is 10.0 Å². The summed E-state index contributed by atoms with van der Waals surface area (Å²) in [6, 6.07) is 6.78. The molecule has 0 saturated heterocycles. The number of hydrogen-bond donors (Lipinski definition) is 2. The third kappa shape index (κ3) is 4.11. The summed E-state index contributed by atoms with van der Waals surface area (Å²) in [6.45, 7) is 6.02. The van der Waals surface area contributed by atoms with Crippen molar-refractivity contribution in [3.05, 3.63) is 29.8 Å². The molecule has 17 heavy (non-hydrogen) atoms. The molecule has 1 aromatic carbocycles. The molecule has 5 heteroatoms. The van der Waals surface area contributed by atoms with Crippen LogP contribution in [0.15, 0.2) is 29.2 Å². The first-order valence-corrected chi connectivity index (χ1v) is 7.06. The zero-order valence-corrected chi connectivity index (χ0v) is 11.3. The molecule has 0 spiro atoms. The smallest absolute Gasteiger partial charge is 0.241 e. The third-order valence-electron chi connectivity index (χ3n) is 2.51. The highest BCUT2D eigenvalue weighted by Gasteiger charge is 2.25. The van der Waals surface area contributed by atoms with Crippen LogP contribution in [0.1, 0.15) is 25.8 Å². The quantitative estimate of drug-likeness (QED) is 0.836. The van der Waals surface area contributed by atoms with Crippen LogP contribution >= 0.6 is 0 Å². The van der Waals surface area contributed by atoms with E-state index in [9.17, 15) is 8.42 Å². The minimum Gasteiger partial charge on any atom is -0.330 e. The molecule has 0 fully saturated rings. The summed E-state index contributed by atoms with van der Waals surface area (Å²) < 4.78 is 26.8. The molecule has 0 bridgehead atoms. The van der Waals surface area contributed by atoms with Gasteiger partial charge in [-0.1, -0.05) is 17.7 Å². The van der Waals surface area contributed by atoms with E-state index in [1.54, 1.807) is 24.3 Å². The van der Waals surface area contributed by atoms with Crippen molar-refractivity contribution in [2.45, 2.75) is 37.6 Å². The first-order valence-electron chi connectivity index (χ1n) is 5.57. The lowest BCUT2D eigenvalue weighted by Gasteiger charge is -2.25. The first kappa shape index (κ1) is 14.2. The summed E-state index contributed by atoms with van der Waals surface area (Å²) in [5.41, 5.74) is 5.96. The molecular formula is C12H20N2O2S. The minimum absolute atomic E-state index is 0.285. The fraction of sp³-hybridized carbons (Fsp3) is 0.500. The summed E-state index contributed by atoms with van der Waals surface area (Å²) in [5.74, 6) is 0. The van der Waals surface area contributed by atoms with Crippen LogP contribution < -0.4 is 10.5 Å². The number of benzene rings is 1. The number of nitrogens with one attached hydrogen (secondary N) is 1. The first-order chi connectivity index (χ1) is 7.77. The van der Waals surface area contributed by atoms with Crippen LogP contribution in [0.2, 0.25) is 0 Å². The van der Waals surface area contributed by atoms with Crippen LogP contribution in [0.3, 0.4) is 0 Å². The fourth-order valence-corrected chi connectivity index (χ4v) is 2.99. The summed E-state index contributed by atoms with van der Waals surface area (Å²) >= 11 is 0. The second-order valence-electron chi connectivity index (χ2n) is 4.84. The van der Waals surface area contributed by atoms with Crippen molar-refractivity contribution in [1.29, 1.82) is 0 Å². The molecule has 1 rings (SSSR count). The van der Waals surface area contributed by atoms with Gasteiger partial charge in [0.05, 0.1) is 4.90 Å². The van der Waals surface area contributed by atoms with E-state index in [0.717, 1.165) is 5.56 Å². The lowest BCUT2D eigenvalue weighted by molar-refractivity contribution is 0.428. The summed E-state index contributed by atoms with van der Waals surface area (Å²) in [6.07, 6.45) is 0.595. The summed E-state index contributed by atoms with van der Waals surface area (Å²) in [5, 5.41) is 0. The fourth-order valence-electron chi connectivity index (χ4n) is 1.55. The Morgan fingerprint density at radius 1 is 1.24 bits per heavy atom. The Hall–Kier alpha value is -0.910. The molecule has 1 aromatic rings. The number of aryl methyl sites for hydroxylation is 1. The normalized spacial score (nSPS) is 12.7. The van der Waals surface area contributed by atoms with Gasteiger partial charge in [0.25, 0.3) is 0 Å². The largest absolute Gasteiger partial charge is 0.330 e. The highest BCUT2D eigenvalue weighted by atomic mass is 32.2. The minimum atomic E-state index is -3.46. The predicted molar refractivity (Wildman–Crippen MR) is 69.3 cm³/mol. The molecule has 0 atom stereocenters. The zero-order valence-electron chi connectivity index (χ0n) is 10.5. The van der Waals surface area contributed by atoms with Gasteiger partial charge in [0, 0.05) is 5.54 Å². The molecule has 0 aliphatic carbocycles. The van der Waals surface area contributed by atoms with E-state index in [0.29, 0.717) is 13.0 Å². The molecule has 0 saturated carbocycles. The summed E-state index contributed by atoms with van der Waals surface area (Å²) in [4.78, 5) is 0.285. The van der Waals surface area contributed by atoms with E-state index >= 15 is 0 Å². The van der Waals surface area contributed by atoms with E-state index in [1.165, 1.54) is 0 Å². The molecule has 0 amide bonds. The van der Waals surface area contributed by atoms with E-state index in [1.807, 2.05) is 20.8 Å². The van der Waals surface area contributed by atoms with Gasteiger partial charge < -0.3 is 5.73 Å². The van der Waals surface area contributed by atoms with Crippen LogP contribution in [-0.4, -0.2) is 20.5 Å². The Morgan fingerprint density at radius 3 is 2.24 bits per heavy atom. The van der Waals surface area contributed by atoms with Gasteiger partial charge in [0.15, 0.2) is 0 Å². The standard InChI is InChI=1S/C12H20N2O2S/c1-10-4-6-11(7-5-10)17(15,16)14-12(2,3)8-9-13/h4-7,14H,8-9,13H2,1-3H3. The van der Waals surface area contributed by atoms with Crippen molar-refractivity contribution < 1.29 is 8.42 Å². The Bertz CT molecular complexity index is 464. The average Bonchev–Trinajstić information content (AvgIpc) is 2.16. The van der Waals surface area contributed by atoms with Crippen LogP contribution in [0.5, 0.6) is 0 Å². The molecule has 4 nitrogen and oxygen atoms in total. The van der Waals surface area contributed by atoms with Crippen LogP contribution in [-0.2, 0) is 10.0 Å². The van der Waals surface area contributed by atoms with Crippen molar-refractivity contribution in [3.8, 4) is 0 Å². The van der Waals surface area contributed by atoms with E-state index in [-0.39, 0.29) is 4.90 Å². The number of rotatable bonds is 5. The Labute approximate surface area is 103 Å². The Kier molecular flexibility index (Phi) is 4.30. The predicted octanol–water partition coefficient (Wildman–Crippen LogP) is 1.40. The highest BCUT2D eigenvalue weighted by molar-refractivity contribution is 7.89. The molecular weight excluding hydrogens is 236 g/mol. The van der Waals surface area contributed by atoms with Crippen LogP contribution in [0.25, 0.3) is 0 Å². The van der Waals surface area contributed by atoms with Crippen molar-refractivity contribution in [1.82, 2.24) is 4.72 Å². The molecule has 0 unspecified atom stereocenters. The second kappa shape index (κ2) is 5.16. The number of hydrogen-bond acceptors (Lipinski definition) is 3. The maximum atomic E-state index is 12.1. The van der Waals surface area contributed by atoms with Gasteiger partial charge in [-0.2, -0.15) is 0 Å². The van der Waals surface area contributed by atoms with Gasteiger partial charge in [-0.15, -0.1) is 0 Å². The van der Waals surface area contributed by atoms with Gasteiger partial charge in [-0.3, -0.25) is 0 Å². The molecule has 0 heterocycles. The van der Waals surface area contributed by atoms with Crippen molar-refractivity contribution in [2.75, 3.05) is 6.54 Å². The van der Waals surface area contributed by atoms with Gasteiger partial charge in [-0.05, 0) is 45.9 Å². The molecule has 3 N–H and O–H groups in total. The highest BCUT2D eigenvalue weighted by Crippen LogP contribution is 2.15. The molecule has 0 radical (unpaired) electrons. The van der Waals surface area contributed by atoms with Crippen LogP contribution in [0, 0.1) is 6.92 Å². The SMILES string of the molecule is Cc1ccc(S(=O)(=O)NC(C)(C)CCN)cc1. The lowest BCUT2D eigenvalue weighted by atomic mass is 10.0. The number of sulfonamides is 1. The third-order valence-corrected chi connectivity index (χ3v) is 4.23.